The molecule has 0 aliphatic rings. The van der Waals surface area contributed by atoms with E-state index in [1.807, 2.05) is 0 Å². The van der Waals surface area contributed by atoms with Gasteiger partial charge in [-0.05, 0) is 12.8 Å². The Morgan fingerprint density at radius 2 is 1.92 bits per heavy atom. The van der Waals surface area contributed by atoms with Crippen molar-refractivity contribution in [2.75, 3.05) is 20.3 Å². The monoisotopic (exact) mass is 175 g/mol. The van der Waals surface area contributed by atoms with E-state index in [4.69, 9.17) is 9.84 Å². The first kappa shape index (κ1) is 11.9. The molecule has 2 unspecified atom stereocenters. The van der Waals surface area contributed by atoms with Gasteiger partial charge < -0.3 is 15.2 Å². The van der Waals surface area contributed by atoms with E-state index in [9.17, 15) is 0 Å². The van der Waals surface area contributed by atoms with E-state index in [-0.39, 0.29) is 12.6 Å². The molecule has 0 rings (SSSR count). The normalized spacial score (nSPS) is 16.5. The van der Waals surface area contributed by atoms with Gasteiger partial charge in [0.1, 0.15) is 0 Å². The SMILES string of the molecule is COCC(CO)NC(C)C(C)C. The van der Waals surface area contributed by atoms with Crippen LogP contribution >= 0.6 is 0 Å². The molecule has 74 valence electrons. The minimum Gasteiger partial charge on any atom is -0.395 e. The van der Waals surface area contributed by atoms with Crippen LogP contribution in [-0.2, 0) is 4.74 Å². The van der Waals surface area contributed by atoms with Crippen LogP contribution in [0.4, 0.5) is 0 Å². The summed E-state index contributed by atoms with van der Waals surface area (Å²) in [5.74, 6) is 0.580. The Balaban J connectivity index is 3.68. The number of hydrogen-bond acceptors (Lipinski definition) is 3. The van der Waals surface area contributed by atoms with Crippen molar-refractivity contribution in [3.05, 3.63) is 0 Å². The second kappa shape index (κ2) is 6.40. The molecule has 0 aliphatic heterocycles. The Kier molecular flexibility index (Phi) is 6.34. The first-order valence-corrected chi connectivity index (χ1v) is 4.47. The Bertz CT molecular complexity index is 107. The molecule has 0 aliphatic carbocycles. The molecule has 0 aromatic heterocycles. The lowest BCUT2D eigenvalue weighted by Crippen LogP contribution is -2.44. The quantitative estimate of drug-likeness (QED) is 0.622. The highest BCUT2D eigenvalue weighted by molar-refractivity contribution is 4.72. The zero-order chi connectivity index (χ0) is 9.56. The molecule has 0 saturated carbocycles. The summed E-state index contributed by atoms with van der Waals surface area (Å²) in [5, 5.41) is 12.2. The molecular weight excluding hydrogens is 154 g/mol. The minimum atomic E-state index is 0.0624. The van der Waals surface area contributed by atoms with E-state index in [1.165, 1.54) is 0 Å². The summed E-state index contributed by atoms with van der Waals surface area (Å²) in [6.45, 7) is 7.11. The van der Waals surface area contributed by atoms with Gasteiger partial charge in [0.2, 0.25) is 0 Å². The van der Waals surface area contributed by atoms with E-state index >= 15 is 0 Å². The van der Waals surface area contributed by atoms with Crippen molar-refractivity contribution >= 4 is 0 Å². The van der Waals surface area contributed by atoms with Crippen molar-refractivity contribution in [1.82, 2.24) is 5.32 Å². The van der Waals surface area contributed by atoms with Crippen LogP contribution in [0.15, 0.2) is 0 Å². The minimum absolute atomic E-state index is 0.0624. The fraction of sp³-hybridized carbons (Fsp3) is 1.00. The summed E-state index contributed by atoms with van der Waals surface area (Å²) in [7, 11) is 1.64. The van der Waals surface area contributed by atoms with Crippen LogP contribution in [0.2, 0.25) is 0 Å². The standard InChI is InChI=1S/C9H21NO2/c1-7(2)8(3)10-9(5-11)6-12-4/h7-11H,5-6H2,1-4H3. The maximum atomic E-state index is 8.95. The molecule has 3 nitrogen and oxygen atoms in total. The van der Waals surface area contributed by atoms with E-state index in [0.29, 0.717) is 18.6 Å². The predicted octanol–water partition coefficient (Wildman–Crippen LogP) is 0.628. The van der Waals surface area contributed by atoms with Crippen LogP contribution in [0.25, 0.3) is 0 Å². The van der Waals surface area contributed by atoms with E-state index in [1.54, 1.807) is 7.11 Å². The summed E-state index contributed by atoms with van der Waals surface area (Å²) < 4.78 is 4.95. The summed E-state index contributed by atoms with van der Waals surface area (Å²) in [6, 6.07) is 0.477. The van der Waals surface area contributed by atoms with Gasteiger partial charge in [-0.15, -0.1) is 0 Å². The average Bonchev–Trinajstić information content (AvgIpc) is 2.03. The molecule has 0 heterocycles. The molecule has 0 fully saturated rings. The van der Waals surface area contributed by atoms with Gasteiger partial charge in [-0.25, -0.2) is 0 Å². The highest BCUT2D eigenvalue weighted by Gasteiger charge is 2.12. The molecule has 0 amide bonds. The molecule has 0 saturated heterocycles. The summed E-state index contributed by atoms with van der Waals surface area (Å²) >= 11 is 0. The van der Waals surface area contributed by atoms with Crippen LogP contribution in [0.1, 0.15) is 20.8 Å². The number of aliphatic hydroxyl groups excluding tert-OH is 1. The molecule has 12 heavy (non-hydrogen) atoms. The fourth-order valence-electron chi connectivity index (χ4n) is 0.919. The zero-order valence-corrected chi connectivity index (χ0v) is 8.50. The van der Waals surface area contributed by atoms with Gasteiger partial charge in [-0.2, -0.15) is 0 Å². The first-order valence-electron chi connectivity index (χ1n) is 4.47. The lowest BCUT2D eigenvalue weighted by molar-refractivity contribution is 0.119. The third kappa shape index (κ3) is 4.70. The molecule has 0 radical (unpaired) electrons. The topological polar surface area (TPSA) is 41.5 Å². The Morgan fingerprint density at radius 3 is 2.25 bits per heavy atom. The number of aliphatic hydroxyl groups is 1. The van der Waals surface area contributed by atoms with Gasteiger partial charge in [0.25, 0.3) is 0 Å². The molecule has 0 spiro atoms. The number of ether oxygens (including phenoxy) is 1. The van der Waals surface area contributed by atoms with Gasteiger partial charge in [0.15, 0.2) is 0 Å². The van der Waals surface area contributed by atoms with Crippen molar-refractivity contribution < 1.29 is 9.84 Å². The third-order valence-corrected chi connectivity index (χ3v) is 2.09. The molecule has 0 bridgehead atoms. The lowest BCUT2D eigenvalue weighted by atomic mass is 10.1. The largest absolute Gasteiger partial charge is 0.395 e. The van der Waals surface area contributed by atoms with Crippen LogP contribution < -0.4 is 5.32 Å². The summed E-state index contributed by atoms with van der Waals surface area (Å²) in [5.41, 5.74) is 0. The molecule has 2 atom stereocenters. The van der Waals surface area contributed by atoms with E-state index < -0.39 is 0 Å². The second-order valence-corrected chi connectivity index (χ2v) is 3.53. The maximum absolute atomic E-state index is 8.95. The molecule has 3 heteroatoms. The fourth-order valence-corrected chi connectivity index (χ4v) is 0.919. The van der Waals surface area contributed by atoms with E-state index in [0.717, 1.165) is 0 Å². The Labute approximate surface area is 75.1 Å². The van der Waals surface area contributed by atoms with Gasteiger partial charge in [-0.3, -0.25) is 0 Å². The second-order valence-electron chi connectivity index (χ2n) is 3.53. The van der Waals surface area contributed by atoms with E-state index in [2.05, 4.69) is 26.1 Å². The third-order valence-electron chi connectivity index (χ3n) is 2.09. The van der Waals surface area contributed by atoms with Crippen LogP contribution in [0.3, 0.4) is 0 Å². The van der Waals surface area contributed by atoms with Crippen molar-refractivity contribution in [2.24, 2.45) is 5.92 Å². The lowest BCUT2D eigenvalue weighted by Gasteiger charge is -2.23. The number of hydrogen-bond donors (Lipinski definition) is 2. The first-order chi connectivity index (χ1) is 5.61. The Morgan fingerprint density at radius 1 is 1.33 bits per heavy atom. The number of nitrogens with one attached hydrogen (secondary N) is 1. The smallest absolute Gasteiger partial charge is 0.0638 e. The summed E-state index contributed by atoms with van der Waals surface area (Å²) in [4.78, 5) is 0. The number of rotatable bonds is 6. The predicted molar refractivity (Wildman–Crippen MR) is 50.2 cm³/mol. The van der Waals surface area contributed by atoms with Crippen molar-refractivity contribution in [3.8, 4) is 0 Å². The van der Waals surface area contributed by atoms with Crippen molar-refractivity contribution in [2.45, 2.75) is 32.9 Å². The maximum Gasteiger partial charge on any atom is 0.0638 e. The van der Waals surface area contributed by atoms with Gasteiger partial charge in [-0.1, -0.05) is 13.8 Å². The van der Waals surface area contributed by atoms with Crippen LogP contribution in [0, 0.1) is 5.92 Å². The number of methoxy groups -OCH3 is 1. The molecular formula is C9H21NO2. The van der Waals surface area contributed by atoms with Gasteiger partial charge >= 0.3 is 0 Å². The van der Waals surface area contributed by atoms with Crippen molar-refractivity contribution in [3.63, 3.8) is 0 Å². The van der Waals surface area contributed by atoms with Gasteiger partial charge in [0, 0.05) is 13.2 Å². The molecule has 0 aromatic carbocycles. The Hall–Kier alpha value is -0.120. The molecule has 0 aromatic rings. The highest BCUT2D eigenvalue weighted by atomic mass is 16.5. The highest BCUT2D eigenvalue weighted by Crippen LogP contribution is 2.01. The summed E-state index contributed by atoms with van der Waals surface area (Å²) in [6.07, 6.45) is 0. The van der Waals surface area contributed by atoms with Crippen LogP contribution in [-0.4, -0.2) is 37.5 Å². The average molecular weight is 175 g/mol. The van der Waals surface area contributed by atoms with Gasteiger partial charge in [0.05, 0.1) is 19.3 Å². The zero-order valence-electron chi connectivity index (χ0n) is 8.50. The molecule has 2 N–H and O–H groups in total. The van der Waals surface area contributed by atoms with Crippen molar-refractivity contribution in [1.29, 1.82) is 0 Å². The van der Waals surface area contributed by atoms with Crippen LogP contribution in [0.5, 0.6) is 0 Å².